The summed E-state index contributed by atoms with van der Waals surface area (Å²) in [6.07, 6.45) is 0. The molecule has 0 radical (unpaired) electrons. The van der Waals surface area contributed by atoms with E-state index in [9.17, 15) is 4.79 Å². The number of carbonyl (C=O) groups is 1. The van der Waals surface area contributed by atoms with Gasteiger partial charge in [-0.2, -0.15) is 0 Å². The first-order valence-corrected chi connectivity index (χ1v) is 9.19. The average Bonchev–Trinajstić information content (AvgIpc) is 2.04. The zero-order chi connectivity index (χ0) is 8.27. The second-order valence-electron chi connectivity index (χ2n) is 2.17. The van der Waals surface area contributed by atoms with Crippen LogP contribution < -0.4 is 6.57 Å². The van der Waals surface area contributed by atoms with Gasteiger partial charge in [0.25, 0.3) is 0 Å². The van der Waals surface area contributed by atoms with Gasteiger partial charge in [0.2, 0.25) is 0 Å². The predicted molar refractivity (Wildman–Crippen MR) is 37.2 cm³/mol. The van der Waals surface area contributed by atoms with Crippen molar-refractivity contribution in [2.45, 2.75) is 0 Å². The molecular formula is C7H7HgNO2. The quantitative estimate of drug-likeness (QED) is 0.745. The summed E-state index contributed by atoms with van der Waals surface area (Å²) < 4.78 is 6.44. The molecule has 0 saturated heterocycles. The molecule has 0 atom stereocenters. The first kappa shape index (κ1) is 8.68. The number of benzene rings is 1. The Morgan fingerprint density at radius 1 is 1.45 bits per heavy atom. The monoisotopic (exact) mass is 339 g/mol. The fourth-order valence-electron chi connectivity index (χ4n) is 0.907. The third-order valence-electron chi connectivity index (χ3n) is 1.47. The second kappa shape index (κ2) is 3.83. The van der Waals surface area contributed by atoms with E-state index in [1.807, 2.05) is 12.1 Å². The van der Waals surface area contributed by atoms with Crippen molar-refractivity contribution < 1.29 is 34.8 Å². The fraction of sp³-hybridized carbons (Fsp3) is 0. The number of carboxylic acids is 1. The molecule has 0 aromatic heterocycles. The normalized spacial score (nSPS) is 8.82. The van der Waals surface area contributed by atoms with E-state index in [4.69, 9.17) is 8.60 Å². The number of hydrogen-bond donors (Lipinski definition) is 2. The van der Waals surface area contributed by atoms with Crippen LogP contribution in [0.3, 0.4) is 0 Å². The van der Waals surface area contributed by atoms with Crippen LogP contribution in [0.5, 0.6) is 0 Å². The zero-order valence-electron chi connectivity index (χ0n) is 5.95. The molecule has 0 aliphatic heterocycles. The molecule has 4 heteroatoms. The molecular weight excluding hydrogens is 331 g/mol. The Bertz CT molecular complexity index is 275. The molecule has 0 unspecified atom stereocenters. The van der Waals surface area contributed by atoms with Crippen LogP contribution in [0.25, 0.3) is 0 Å². The Morgan fingerprint density at radius 2 is 2.09 bits per heavy atom. The van der Waals surface area contributed by atoms with Gasteiger partial charge in [-0.1, -0.05) is 0 Å². The van der Waals surface area contributed by atoms with Crippen LogP contribution in [0.4, 0.5) is 0 Å². The molecule has 0 aliphatic rings. The summed E-state index contributed by atoms with van der Waals surface area (Å²) in [5.74, 6) is -0.869. The molecule has 3 N–H and O–H groups in total. The van der Waals surface area contributed by atoms with Gasteiger partial charge in [0.05, 0.1) is 0 Å². The van der Waals surface area contributed by atoms with E-state index in [-0.39, 0.29) is 0 Å². The fourth-order valence-corrected chi connectivity index (χ4v) is 3.87. The van der Waals surface area contributed by atoms with Gasteiger partial charge in [-0.25, -0.2) is 0 Å². The molecule has 11 heavy (non-hydrogen) atoms. The maximum absolute atomic E-state index is 10.6. The van der Waals surface area contributed by atoms with Gasteiger partial charge < -0.3 is 0 Å². The third kappa shape index (κ3) is 2.00. The van der Waals surface area contributed by atoms with E-state index in [1.54, 1.807) is 12.1 Å². The van der Waals surface area contributed by atoms with Gasteiger partial charge >= 0.3 is 77.1 Å². The van der Waals surface area contributed by atoms with Crippen LogP contribution in [0, 0.1) is 0 Å². The molecule has 0 saturated carbocycles. The Labute approximate surface area is 77.1 Å². The summed E-state index contributed by atoms with van der Waals surface area (Å²) in [6.45, 7) is 0. The number of rotatable bonds is 2. The SMILES string of the molecule is [NH2][Hg][c]1ccccc1C(=O)O. The standard InChI is InChI=1S/C7H5O2.Hg.H2N/c8-7(9)6-4-2-1-3-5-6;;/h1-4H,(H,8,9);;1H2/q;+1;-1. The molecule has 1 rings (SSSR count). The van der Waals surface area contributed by atoms with Crippen molar-refractivity contribution in [3.05, 3.63) is 29.8 Å². The number of nitrogens with two attached hydrogens (primary N) is 1. The minimum atomic E-state index is -1.54. The van der Waals surface area contributed by atoms with Crippen LogP contribution in [0.1, 0.15) is 10.4 Å². The Kier molecular flexibility index (Phi) is 3.02. The van der Waals surface area contributed by atoms with Crippen LogP contribution in [0.2, 0.25) is 0 Å². The Morgan fingerprint density at radius 3 is 2.55 bits per heavy atom. The van der Waals surface area contributed by atoms with E-state index in [0.717, 1.165) is 3.07 Å². The van der Waals surface area contributed by atoms with E-state index < -0.39 is 30.8 Å². The van der Waals surface area contributed by atoms with Crippen molar-refractivity contribution in [1.82, 2.24) is 0 Å². The van der Waals surface area contributed by atoms with Crippen LogP contribution in [-0.4, -0.2) is 11.1 Å². The molecule has 0 bridgehead atoms. The number of carboxylic acid groups (broad SMARTS) is 1. The van der Waals surface area contributed by atoms with Gasteiger partial charge in [-0.15, -0.1) is 0 Å². The second-order valence-corrected chi connectivity index (χ2v) is 6.71. The zero-order valence-corrected chi connectivity index (χ0v) is 11.4. The van der Waals surface area contributed by atoms with Crippen molar-refractivity contribution in [2.75, 3.05) is 0 Å². The van der Waals surface area contributed by atoms with E-state index >= 15 is 0 Å². The van der Waals surface area contributed by atoms with Crippen molar-refractivity contribution in [3.63, 3.8) is 0 Å². The van der Waals surface area contributed by atoms with E-state index in [1.165, 1.54) is 0 Å². The van der Waals surface area contributed by atoms with Crippen molar-refractivity contribution in [3.8, 4) is 0 Å². The predicted octanol–water partition coefficient (Wildman–Crippen LogP) is -0.0337. The number of aromatic carboxylic acids is 1. The van der Waals surface area contributed by atoms with Crippen molar-refractivity contribution in [2.24, 2.45) is 3.50 Å². The average molecular weight is 338 g/mol. The van der Waals surface area contributed by atoms with Crippen molar-refractivity contribution in [1.29, 1.82) is 0 Å². The molecule has 1 aromatic rings. The summed E-state index contributed by atoms with van der Waals surface area (Å²) >= 11 is -1.54. The molecule has 0 fully saturated rings. The van der Waals surface area contributed by atoms with Crippen LogP contribution in [-0.2, 0) is 24.9 Å². The first-order chi connectivity index (χ1) is 5.25. The summed E-state index contributed by atoms with van der Waals surface area (Å²) in [6, 6.07) is 6.96. The third-order valence-corrected chi connectivity index (χ3v) is 5.57. The topological polar surface area (TPSA) is 63.3 Å². The van der Waals surface area contributed by atoms with E-state index in [2.05, 4.69) is 0 Å². The molecule has 0 spiro atoms. The first-order valence-electron chi connectivity index (χ1n) is 3.27. The summed E-state index contributed by atoms with van der Waals surface area (Å²) in [5.41, 5.74) is 0.386. The summed E-state index contributed by atoms with van der Waals surface area (Å²) in [7, 11) is 0. The Balaban J connectivity index is 3.12. The van der Waals surface area contributed by atoms with Gasteiger partial charge in [-0.3, -0.25) is 0 Å². The van der Waals surface area contributed by atoms with Gasteiger partial charge in [0, 0.05) is 0 Å². The molecule has 0 aliphatic carbocycles. The molecule has 1 aromatic carbocycles. The minimum absolute atomic E-state index is 0.386. The Hall–Kier alpha value is -0.415. The maximum atomic E-state index is 10.6. The molecule has 3 nitrogen and oxygen atoms in total. The van der Waals surface area contributed by atoms with Gasteiger partial charge in [0.1, 0.15) is 0 Å². The molecule has 54 valence electrons. The number of hydrogen-bond acceptors (Lipinski definition) is 2. The molecule has 0 amide bonds. The van der Waals surface area contributed by atoms with Gasteiger partial charge in [0.15, 0.2) is 0 Å². The molecule has 0 heterocycles. The van der Waals surface area contributed by atoms with Gasteiger partial charge in [-0.05, 0) is 0 Å². The van der Waals surface area contributed by atoms with Crippen LogP contribution in [0.15, 0.2) is 24.3 Å². The van der Waals surface area contributed by atoms with Crippen molar-refractivity contribution >= 4 is 9.04 Å². The summed E-state index contributed by atoms with van der Waals surface area (Å²) in [5, 5.41) is 8.68. The summed E-state index contributed by atoms with van der Waals surface area (Å²) in [4.78, 5) is 10.6. The van der Waals surface area contributed by atoms with Crippen LogP contribution >= 0.6 is 0 Å². The van der Waals surface area contributed by atoms with E-state index in [0.29, 0.717) is 5.56 Å².